The fraction of sp³-hybridized carbons (Fsp3) is 0.457. The molecule has 4 rings (SSSR count). The number of alkyl carbamates (subject to hydrolysis) is 1. The number of carbonyl (C=O) groups is 4. The number of hydrogen-bond acceptors (Lipinski definition) is 7. The van der Waals surface area contributed by atoms with Gasteiger partial charge in [-0.1, -0.05) is 60.2 Å². The van der Waals surface area contributed by atoms with Crippen LogP contribution in [0.25, 0.3) is 0 Å². The van der Waals surface area contributed by atoms with Crippen LogP contribution in [0.3, 0.4) is 0 Å². The molecule has 4 amide bonds. The minimum Gasteiger partial charge on any atom is -0.444 e. The zero-order valence-electron chi connectivity index (χ0n) is 28.0. The number of aromatic nitrogens is 2. The Hall–Kier alpha value is -4.71. The number of imidazole rings is 1. The van der Waals surface area contributed by atoms with Crippen LogP contribution in [0.15, 0.2) is 67.1 Å². The van der Waals surface area contributed by atoms with Gasteiger partial charge in [0.25, 0.3) is 5.91 Å². The maximum absolute atomic E-state index is 13.7. The molecule has 3 N–H and O–H groups in total. The third-order valence-corrected chi connectivity index (χ3v) is 7.59. The van der Waals surface area contributed by atoms with Crippen LogP contribution in [0.2, 0.25) is 0 Å². The standard InChI is InChI=1S/C35H46N6O6/c1-24-14-16-26(17-15-24)29(31(43)40-18-10-11-19-40)41-20-28(36-23-41)38-30(42)27(22-46-21-25-12-8-7-9-13-25)37-32(44)35(5,6)39-33(45)47-34(2,3)4/h7-9,12-17,20,23,27,29H,10-11,18-19,21-22H2,1-6H3,(H,37,44)(H,38,42)(H,39,45)/t27-,29?/m1/s1. The first-order chi connectivity index (χ1) is 22.2. The molecule has 12 heteroatoms. The SMILES string of the molecule is Cc1ccc(C(C(=O)N2CCCC2)n2cnc(NC(=O)[C@@H](COCc3ccccc3)NC(=O)C(C)(C)NC(=O)OC(C)(C)C)c2)cc1. The van der Waals surface area contributed by atoms with Gasteiger partial charge in [0, 0.05) is 19.3 Å². The summed E-state index contributed by atoms with van der Waals surface area (Å²) in [6.07, 6.45) is 4.27. The van der Waals surface area contributed by atoms with Crippen molar-refractivity contribution < 1.29 is 28.7 Å². The lowest BCUT2D eigenvalue weighted by atomic mass is 10.0. The summed E-state index contributed by atoms with van der Waals surface area (Å²) in [6.45, 7) is 11.6. The van der Waals surface area contributed by atoms with E-state index in [2.05, 4.69) is 20.9 Å². The number of anilines is 1. The first-order valence-corrected chi connectivity index (χ1v) is 15.9. The van der Waals surface area contributed by atoms with Crippen LogP contribution < -0.4 is 16.0 Å². The fourth-order valence-corrected chi connectivity index (χ4v) is 5.06. The van der Waals surface area contributed by atoms with Gasteiger partial charge in [0.2, 0.25) is 11.8 Å². The Morgan fingerprint density at radius 3 is 2.23 bits per heavy atom. The summed E-state index contributed by atoms with van der Waals surface area (Å²) in [5.74, 6) is -1.04. The van der Waals surface area contributed by atoms with E-state index in [-0.39, 0.29) is 24.9 Å². The lowest BCUT2D eigenvalue weighted by Crippen LogP contribution is -2.59. The van der Waals surface area contributed by atoms with E-state index in [1.807, 2.05) is 66.4 Å². The van der Waals surface area contributed by atoms with Gasteiger partial charge < -0.3 is 34.9 Å². The second-order valence-electron chi connectivity index (χ2n) is 13.3. The van der Waals surface area contributed by atoms with Gasteiger partial charge in [-0.25, -0.2) is 9.78 Å². The van der Waals surface area contributed by atoms with Crippen molar-refractivity contribution in [1.82, 2.24) is 25.1 Å². The van der Waals surface area contributed by atoms with Gasteiger partial charge in [0.1, 0.15) is 23.2 Å². The number of ether oxygens (including phenoxy) is 2. The van der Waals surface area contributed by atoms with E-state index >= 15 is 0 Å². The lowest BCUT2D eigenvalue weighted by Gasteiger charge is -2.29. The Morgan fingerprint density at radius 1 is 0.936 bits per heavy atom. The average molecular weight is 647 g/mol. The zero-order valence-corrected chi connectivity index (χ0v) is 28.0. The normalized spacial score (nSPS) is 14.6. The molecule has 12 nitrogen and oxygen atoms in total. The van der Waals surface area contributed by atoms with Gasteiger partial charge >= 0.3 is 6.09 Å². The zero-order chi connectivity index (χ0) is 34.2. The van der Waals surface area contributed by atoms with Crippen LogP contribution in [0.5, 0.6) is 0 Å². The summed E-state index contributed by atoms with van der Waals surface area (Å²) < 4.78 is 12.8. The number of benzene rings is 2. The van der Waals surface area contributed by atoms with Gasteiger partial charge in [-0.15, -0.1) is 0 Å². The van der Waals surface area contributed by atoms with Crippen molar-refractivity contribution in [3.8, 4) is 0 Å². The topological polar surface area (TPSA) is 144 Å². The lowest BCUT2D eigenvalue weighted by molar-refractivity contribution is -0.132. The molecular formula is C35H46N6O6. The summed E-state index contributed by atoms with van der Waals surface area (Å²) in [5.41, 5.74) is 0.604. The molecular weight excluding hydrogens is 600 g/mol. The molecule has 0 aliphatic carbocycles. The second-order valence-corrected chi connectivity index (χ2v) is 13.3. The highest BCUT2D eigenvalue weighted by Gasteiger charge is 2.35. The van der Waals surface area contributed by atoms with E-state index in [0.29, 0.717) is 13.1 Å². The number of nitrogens with zero attached hydrogens (tertiary/aromatic N) is 3. The van der Waals surface area contributed by atoms with Gasteiger partial charge in [0.15, 0.2) is 5.82 Å². The minimum absolute atomic E-state index is 0.0409. The van der Waals surface area contributed by atoms with E-state index in [9.17, 15) is 19.2 Å². The highest BCUT2D eigenvalue weighted by Crippen LogP contribution is 2.25. The summed E-state index contributed by atoms with van der Waals surface area (Å²) in [4.78, 5) is 59.3. The number of hydrogen-bond donors (Lipinski definition) is 3. The van der Waals surface area contributed by atoms with Crippen molar-refractivity contribution in [2.75, 3.05) is 25.0 Å². The van der Waals surface area contributed by atoms with Crippen LogP contribution in [0, 0.1) is 6.92 Å². The van der Waals surface area contributed by atoms with Crippen molar-refractivity contribution in [1.29, 1.82) is 0 Å². The predicted molar refractivity (Wildman–Crippen MR) is 177 cm³/mol. The van der Waals surface area contributed by atoms with Crippen LogP contribution in [0.4, 0.5) is 10.6 Å². The molecule has 2 atom stereocenters. The Bertz CT molecular complexity index is 1520. The summed E-state index contributed by atoms with van der Waals surface area (Å²) in [6, 6.07) is 15.4. The van der Waals surface area contributed by atoms with Crippen molar-refractivity contribution in [3.05, 3.63) is 83.8 Å². The van der Waals surface area contributed by atoms with Gasteiger partial charge in [-0.05, 0) is 65.5 Å². The van der Waals surface area contributed by atoms with E-state index in [1.165, 1.54) is 20.2 Å². The molecule has 0 radical (unpaired) electrons. The molecule has 3 aromatic rings. The summed E-state index contributed by atoms with van der Waals surface area (Å²) in [7, 11) is 0. The first-order valence-electron chi connectivity index (χ1n) is 15.9. The van der Waals surface area contributed by atoms with E-state index in [1.54, 1.807) is 31.5 Å². The largest absolute Gasteiger partial charge is 0.444 e. The predicted octanol–water partition coefficient (Wildman–Crippen LogP) is 4.35. The van der Waals surface area contributed by atoms with Gasteiger partial charge in [-0.3, -0.25) is 14.4 Å². The second kappa shape index (κ2) is 15.3. The van der Waals surface area contributed by atoms with Gasteiger partial charge in [0.05, 0.1) is 19.5 Å². The average Bonchev–Trinajstić information content (AvgIpc) is 3.70. The van der Waals surface area contributed by atoms with Crippen molar-refractivity contribution in [3.63, 3.8) is 0 Å². The molecule has 252 valence electrons. The fourth-order valence-electron chi connectivity index (χ4n) is 5.06. The third-order valence-electron chi connectivity index (χ3n) is 7.59. The van der Waals surface area contributed by atoms with Crippen LogP contribution in [0.1, 0.15) is 70.2 Å². The first kappa shape index (κ1) is 35.1. The number of aryl methyl sites for hydroxylation is 1. The molecule has 0 spiro atoms. The highest BCUT2D eigenvalue weighted by atomic mass is 16.6. The molecule has 1 fully saturated rings. The third kappa shape index (κ3) is 10.1. The molecule has 0 saturated carbocycles. The number of rotatable bonds is 12. The molecule has 1 aliphatic rings. The molecule has 0 bridgehead atoms. The maximum atomic E-state index is 13.7. The highest BCUT2D eigenvalue weighted by molar-refractivity contribution is 5.98. The van der Waals surface area contributed by atoms with E-state index in [0.717, 1.165) is 29.5 Å². The molecule has 1 aliphatic heterocycles. The Labute approximate surface area is 276 Å². The molecule has 1 aromatic heterocycles. The van der Waals surface area contributed by atoms with Crippen LogP contribution >= 0.6 is 0 Å². The monoisotopic (exact) mass is 646 g/mol. The molecule has 47 heavy (non-hydrogen) atoms. The Kier molecular flexibility index (Phi) is 11.4. The number of carbonyl (C=O) groups excluding carboxylic acids is 4. The van der Waals surface area contributed by atoms with E-state index in [4.69, 9.17) is 9.47 Å². The molecule has 2 aromatic carbocycles. The summed E-state index contributed by atoms with van der Waals surface area (Å²) >= 11 is 0. The van der Waals surface area contributed by atoms with Crippen molar-refractivity contribution in [2.45, 2.75) is 84.2 Å². The molecule has 2 heterocycles. The smallest absolute Gasteiger partial charge is 0.408 e. The summed E-state index contributed by atoms with van der Waals surface area (Å²) in [5, 5.41) is 8.03. The van der Waals surface area contributed by atoms with Crippen molar-refractivity contribution >= 4 is 29.6 Å². The van der Waals surface area contributed by atoms with Crippen LogP contribution in [-0.4, -0.2) is 75.1 Å². The quantitative estimate of drug-likeness (QED) is 0.266. The van der Waals surface area contributed by atoms with Crippen LogP contribution in [-0.2, 0) is 30.5 Å². The maximum Gasteiger partial charge on any atom is 0.408 e. The molecule has 1 saturated heterocycles. The number of likely N-dealkylation sites (tertiary alicyclic amines) is 1. The van der Waals surface area contributed by atoms with E-state index < -0.39 is 41.1 Å². The van der Waals surface area contributed by atoms with Gasteiger partial charge in [-0.2, -0.15) is 0 Å². The number of nitrogens with one attached hydrogen (secondary N) is 3. The molecule has 1 unspecified atom stereocenters. The Morgan fingerprint density at radius 2 is 1.60 bits per heavy atom. The van der Waals surface area contributed by atoms with Crippen molar-refractivity contribution in [2.24, 2.45) is 0 Å². The minimum atomic E-state index is -1.42. The number of amides is 4. The Balaban J connectivity index is 1.51.